The minimum atomic E-state index is -3.27. The Morgan fingerprint density at radius 2 is 1.36 bits per heavy atom. The molecular weight excluding hydrogens is 425 g/mol. The zero-order valence-corrected chi connectivity index (χ0v) is 18.5. The number of benzene rings is 4. The van der Waals surface area contributed by atoms with Crippen LogP contribution in [0.2, 0.25) is 0 Å². The van der Waals surface area contributed by atoms with E-state index in [4.69, 9.17) is 9.40 Å². The SMILES string of the molecule is O=P1(c2ccccc2)c2ccccc2-c2c(c3ccccc3c3cccnc23)-c2ccoc21. The van der Waals surface area contributed by atoms with E-state index in [1.165, 1.54) is 0 Å². The van der Waals surface area contributed by atoms with Gasteiger partial charge >= 0.3 is 0 Å². The van der Waals surface area contributed by atoms with Crippen LogP contribution >= 0.6 is 7.14 Å². The zero-order chi connectivity index (χ0) is 22.0. The summed E-state index contributed by atoms with van der Waals surface area (Å²) in [7, 11) is -3.27. The van der Waals surface area contributed by atoms with Crippen LogP contribution in [0, 0.1) is 0 Å². The number of pyridine rings is 1. The fourth-order valence-electron chi connectivity index (χ4n) is 5.25. The van der Waals surface area contributed by atoms with Crippen molar-refractivity contribution in [3.05, 3.63) is 110 Å². The first-order valence-electron chi connectivity index (χ1n) is 10.9. The zero-order valence-electron chi connectivity index (χ0n) is 17.6. The van der Waals surface area contributed by atoms with Gasteiger partial charge in [0.15, 0.2) is 5.50 Å². The lowest BCUT2D eigenvalue weighted by molar-refractivity contribution is 0.568. The Morgan fingerprint density at radius 1 is 0.636 bits per heavy atom. The lowest BCUT2D eigenvalue weighted by Crippen LogP contribution is -2.25. The van der Waals surface area contributed by atoms with Gasteiger partial charge in [0.1, 0.15) is 0 Å². The second kappa shape index (κ2) is 6.78. The molecule has 1 unspecified atom stereocenters. The van der Waals surface area contributed by atoms with E-state index in [9.17, 15) is 0 Å². The van der Waals surface area contributed by atoms with Crippen LogP contribution in [0.1, 0.15) is 0 Å². The van der Waals surface area contributed by atoms with Crippen LogP contribution in [-0.2, 0) is 4.57 Å². The summed E-state index contributed by atoms with van der Waals surface area (Å²) in [5.41, 5.74) is 5.29. The summed E-state index contributed by atoms with van der Waals surface area (Å²) >= 11 is 0. The molecule has 4 heteroatoms. The van der Waals surface area contributed by atoms with Crippen molar-refractivity contribution in [1.82, 2.24) is 4.98 Å². The topological polar surface area (TPSA) is 43.1 Å². The summed E-state index contributed by atoms with van der Waals surface area (Å²) < 4.78 is 21.3. The molecular formula is C29H18NO2P. The summed E-state index contributed by atoms with van der Waals surface area (Å²) in [6.45, 7) is 0. The van der Waals surface area contributed by atoms with Crippen molar-refractivity contribution in [2.24, 2.45) is 0 Å². The first-order valence-corrected chi connectivity index (χ1v) is 12.6. The highest BCUT2D eigenvalue weighted by molar-refractivity contribution is 7.85. The number of aromatic nitrogens is 1. The molecule has 0 fully saturated rings. The second-order valence-electron chi connectivity index (χ2n) is 8.30. The van der Waals surface area contributed by atoms with E-state index >= 15 is 4.57 Å². The molecule has 2 aromatic heterocycles. The van der Waals surface area contributed by atoms with Crippen LogP contribution in [0.25, 0.3) is 43.9 Å². The highest BCUT2D eigenvalue weighted by Crippen LogP contribution is 2.54. The highest BCUT2D eigenvalue weighted by Gasteiger charge is 2.41. The molecule has 0 saturated carbocycles. The third-order valence-electron chi connectivity index (χ3n) is 6.61. The normalized spacial score (nSPS) is 16.7. The second-order valence-corrected chi connectivity index (χ2v) is 10.9. The molecule has 4 aromatic carbocycles. The van der Waals surface area contributed by atoms with Gasteiger partial charge in [0, 0.05) is 38.9 Å². The van der Waals surface area contributed by atoms with E-state index in [-0.39, 0.29) is 0 Å². The van der Waals surface area contributed by atoms with Crippen LogP contribution in [0.3, 0.4) is 0 Å². The number of nitrogens with zero attached hydrogens (tertiary/aromatic N) is 1. The van der Waals surface area contributed by atoms with Gasteiger partial charge in [0.05, 0.1) is 11.8 Å². The first-order chi connectivity index (χ1) is 16.3. The molecule has 7 rings (SSSR count). The van der Waals surface area contributed by atoms with E-state index in [1.54, 1.807) is 6.26 Å². The summed E-state index contributed by atoms with van der Waals surface area (Å²) in [6.07, 6.45) is 3.49. The van der Waals surface area contributed by atoms with Crippen molar-refractivity contribution in [1.29, 1.82) is 0 Å². The minimum absolute atomic E-state index is 0.528. The Balaban J connectivity index is 1.78. The van der Waals surface area contributed by atoms with Gasteiger partial charge in [-0.25, -0.2) is 0 Å². The van der Waals surface area contributed by atoms with Crippen LogP contribution in [0.4, 0.5) is 0 Å². The number of furan rings is 1. The Morgan fingerprint density at radius 3 is 2.24 bits per heavy atom. The Labute approximate surface area is 190 Å². The van der Waals surface area contributed by atoms with Crippen molar-refractivity contribution in [3.63, 3.8) is 0 Å². The number of hydrogen-bond acceptors (Lipinski definition) is 3. The molecule has 1 aliphatic heterocycles. The van der Waals surface area contributed by atoms with Gasteiger partial charge in [-0.05, 0) is 28.5 Å². The smallest absolute Gasteiger partial charge is 0.205 e. The van der Waals surface area contributed by atoms with Crippen LogP contribution in [-0.4, -0.2) is 4.98 Å². The van der Waals surface area contributed by atoms with Crippen molar-refractivity contribution >= 4 is 44.9 Å². The van der Waals surface area contributed by atoms with Gasteiger partial charge in [-0.2, -0.15) is 0 Å². The fourth-order valence-corrected chi connectivity index (χ4v) is 8.13. The molecule has 0 aliphatic carbocycles. The molecule has 156 valence electrons. The van der Waals surface area contributed by atoms with Gasteiger partial charge in [-0.15, -0.1) is 0 Å². The summed E-state index contributed by atoms with van der Waals surface area (Å²) in [5, 5.41) is 4.87. The Bertz CT molecular complexity index is 1750. The average Bonchev–Trinajstić information content (AvgIpc) is 3.35. The molecule has 6 aromatic rings. The lowest BCUT2D eigenvalue weighted by atomic mass is 9.88. The van der Waals surface area contributed by atoms with E-state index < -0.39 is 7.14 Å². The van der Waals surface area contributed by atoms with E-state index in [0.29, 0.717) is 5.50 Å². The van der Waals surface area contributed by atoms with Crippen molar-refractivity contribution in [2.75, 3.05) is 0 Å². The molecule has 0 amide bonds. The quantitative estimate of drug-likeness (QED) is 0.222. The van der Waals surface area contributed by atoms with E-state index in [2.05, 4.69) is 36.4 Å². The predicted octanol–water partition coefficient (Wildman–Crippen LogP) is 6.27. The van der Waals surface area contributed by atoms with Crippen LogP contribution in [0.5, 0.6) is 0 Å². The van der Waals surface area contributed by atoms with Gasteiger partial charge in [-0.3, -0.25) is 4.98 Å². The maximum atomic E-state index is 15.2. The summed E-state index contributed by atoms with van der Waals surface area (Å²) in [6, 6.07) is 32.1. The molecule has 0 bridgehead atoms. The Hall–Kier alpha value is -3.94. The largest absolute Gasteiger partial charge is 0.460 e. The highest BCUT2D eigenvalue weighted by atomic mass is 31.2. The lowest BCUT2D eigenvalue weighted by Gasteiger charge is -2.19. The first kappa shape index (κ1) is 18.6. The molecule has 1 aliphatic rings. The van der Waals surface area contributed by atoms with Crippen LogP contribution < -0.4 is 16.1 Å². The molecule has 33 heavy (non-hydrogen) atoms. The van der Waals surface area contributed by atoms with Crippen molar-refractivity contribution in [3.8, 4) is 22.3 Å². The molecule has 3 heterocycles. The van der Waals surface area contributed by atoms with E-state index in [1.807, 2.05) is 66.9 Å². The van der Waals surface area contributed by atoms with Crippen molar-refractivity contribution < 1.29 is 8.98 Å². The molecule has 0 saturated heterocycles. The molecule has 0 spiro atoms. The third-order valence-corrected chi connectivity index (χ3v) is 9.63. The van der Waals surface area contributed by atoms with Crippen LogP contribution in [0.15, 0.2) is 114 Å². The van der Waals surface area contributed by atoms with Crippen molar-refractivity contribution in [2.45, 2.75) is 0 Å². The average molecular weight is 443 g/mol. The summed E-state index contributed by atoms with van der Waals surface area (Å²) in [5.74, 6) is 0. The van der Waals surface area contributed by atoms with Gasteiger partial charge < -0.3 is 8.98 Å². The van der Waals surface area contributed by atoms with Gasteiger partial charge in [0.2, 0.25) is 7.14 Å². The van der Waals surface area contributed by atoms with Gasteiger partial charge in [0.25, 0.3) is 0 Å². The summed E-state index contributed by atoms with van der Waals surface area (Å²) in [4.78, 5) is 4.84. The number of rotatable bonds is 1. The number of fused-ring (bicyclic) bond motifs is 10. The minimum Gasteiger partial charge on any atom is -0.460 e. The Kier molecular flexibility index (Phi) is 3.82. The molecule has 0 radical (unpaired) electrons. The standard InChI is InChI=1S/C29H18NO2P/c31-33(19-9-2-1-3-10-19)25-15-7-6-13-23(25)27-26(24-16-18-32-29(24)33)21-12-5-4-11-20(21)22-14-8-17-30-28(22)27/h1-18H. The molecule has 0 N–H and O–H groups in total. The van der Waals surface area contributed by atoms with E-state index in [0.717, 1.165) is 54.5 Å². The number of hydrogen-bond donors (Lipinski definition) is 0. The fraction of sp³-hybridized carbons (Fsp3) is 0. The maximum Gasteiger partial charge on any atom is 0.205 e. The molecule has 1 atom stereocenters. The maximum absolute atomic E-state index is 15.2. The molecule has 3 nitrogen and oxygen atoms in total. The monoisotopic (exact) mass is 443 g/mol. The third kappa shape index (κ3) is 2.40. The predicted molar refractivity (Wildman–Crippen MR) is 135 cm³/mol. The van der Waals surface area contributed by atoms with Gasteiger partial charge in [-0.1, -0.05) is 84.9 Å².